The number of nitrogens with two attached hydrogens (primary N) is 2. The minimum absolute atomic E-state index is 0. The molecule has 0 spiro atoms. The smallest absolute Gasteiger partial charge is 0.174 e. The lowest BCUT2D eigenvalue weighted by Gasteiger charge is -2.35. The molecule has 246 valence electrons. The first kappa shape index (κ1) is 37.1. The molecular formula is C36H45Cl3F2N2O2. The van der Waals surface area contributed by atoms with Crippen LogP contribution in [0.25, 0.3) is 11.1 Å². The van der Waals surface area contributed by atoms with E-state index in [2.05, 4.69) is 13.8 Å². The Labute approximate surface area is 281 Å². The highest BCUT2D eigenvalue weighted by molar-refractivity contribution is 6.46. The molecule has 2 aromatic rings. The summed E-state index contributed by atoms with van der Waals surface area (Å²) < 4.78 is 28.0. The van der Waals surface area contributed by atoms with Gasteiger partial charge in [0.1, 0.15) is 11.6 Å². The Morgan fingerprint density at radius 2 is 1.27 bits per heavy atom. The van der Waals surface area contributed by atoms with Gasteiger partial charge in [-0.15, -0.1) is 0 Å². The van der Waals surface area contributed by atoms with Gasteiger partial charge in [-0.05, 0) is 90.1 Å². The zero-order valence-electron chi connectivity index (χ0n) is 24.6. The molecule has 9 heteroatoms. The maximum Gasteiger partial charge on any atom is 0.174 e. The van der Waals surface area contributed by atoms with Crippen molar-refractivity contribution in [3.63, 3.8) is 0 Å². The number of ketones is 2. The van der Waals surface area contributed by atoms with Gasteiger partial charge in [0.25, 0.3) is 0 Å². The minimum atomic E-state index is -0.551. The van der Waals surface area contributed by atoms with Crippen molar-refractivity contribution in [2.75, 3.05) is 11.5 Å². The van der Waals surface area contributed by atoms with Crippen molar-refractivity contribution < 1.29 is 18.4 Å². The third-order valence-corrected chi connectivity index (χ3v) is 11.1. The van der Waals surface area contributed by atoms with Crippen LogP contribution >= 0.6 is 34.8 Å². The maximum atomic E-state index is 14.0. The lowest BCUT2D eigenvalue weighted by atomic mass is 9.69. The van der Waals surface area contributed by atoms with Gasteiger partial charge in [0.05, 0.1) is 26.5 Å². The Balaban J connectivity index is 0.000000235. The Morgan fingerprint density at radius 1 is 0.778 bits per heavy atom. The predicted octanol–water partition coefficient (Wildman–Crippen LogP) is 10.9. The molecule has 0 amide bonds. The van der Waals surface area contributed by atoms with Crippen LogP contribution in [0.5, 0.6) is 0 Å². The van der Waals surface area contributed by atoms with Gasteiger partial charge in [-0.1, -0.05) is 89.2 Å². The number of carbonyl (C=O) groups is 2. The summed E-state index contributed by atoms with van der Waals surface area (Å²) in [5, 5.41) is 0.842. The third kappa shape index (κ3) is 6.32. The third-order valence-electron chi connectivity index (χ3n) is 9.87. The SMILES string of the molecule is C.C.CCCCC12CCC(=O)C(Cl)=C1c1cc(F)c(N)c(Cl)c1C2.CCCCC12CCC(=O)C=C1c1cc(F)c(N)c(Cl)c1C2. The van der Waals surface area contributed by atoms with Crippen LogP contribution in [0.2, 0.25) is 10.0 Å². The Kier molecular flexibility index (Phi) is 11.7. The number of carbonyl (C=O) groups excluding carboxylic acids is 2. The standard InChI is InChI=1S/C17H18Cl2FNO.C17H19ClFNO.2CH4/c1-2-3-5-17-6-4-12(22)15(19)13(17)9-7-11(20)16(21)14(18)10(9)8-17;1-2-3-5-17-6-4-10(21)7-13(17)11-8-14(19)16(20)15(18)12(11)9-17;;/h7H,2-6,8,21H2,1H3;7-8H,2-6,9,20H2,1H3;2*1H4. The number of hydrogen-bond donors (Lipinski definition) is 2. The number of halogens is 5. The van der Waals surface area contributed by atoms with Crippen molar-refractivity contribution >= 4 is 68.9 Å². The van der Waals surface area contributed by atoms with E-state index in [9.17, 15) is 18.4 Å². The molecule has 2 unspecified atom stereocenters. The van der Waals surface area contributed by atoms with Crippen molar-refractivity contribution in [1.29, 1.82) is 0 Å². The van der Waals surface area contributed by atoms with Gasteiger partial charge in [0.15, 0.2) is 11.6 Å². The van der Waals surface area contributed by atoms with E-state index >= 15 is 0 Å². The van der Waals surface area contributed by atoms with E-state index < -0.39 is 11.6 Å². The number of anilines is 2. The lowest BCUT2D eigenvalue weighted by molar-refractivity contribution is -0.116. The molecule has 4 N–H and O–H groups in total. The van der Waals surface area contributed by atoms with Gasteiger partial charge < -0.3 is 11.5 Å². The van der Waals surface area contributed by atoms with E-state index in [1.807, 2.05) is 0 Å². The summed E-state index contributed by atoms with van der Waals surface area (Å²) in [5.41, 5.74) is 16.2. The Bertz CT molecular complexity index is 1580. The normalized spacial score (nSPS) is 22.7. The first-order chi connectivity index (χ1) is 20.4. The van der Waals surface area contributed by atoms with Crippen LogP contribution in [0.15, 0.2) is 23.2 Å². The maximum absolute atomic E-state index is 14.0. The van der Waals surface area contributed by atoms with Gasteiger partial charge in [-0.2, -0.15) is 0 Å². The molecule has 4 aliphatic carbocycles. The summed E-state index contributed by atoms with van der Waals surface area (Å²) in [6.07, 6.45) is 11.9. The molecule has 0 aliphatic heterocycles. The fourth-order valence-electron chi connectivity index (χ4n) is 7.53. The monoisotopic (exact) mass is 680 g/mol. The van der Waals surface area contributed by atoms with Gasteiger partial charge in [-0.3, -0.25) is 9.59 Å². The molecule has 0 radical (unpaired) electrons. The van der Waals surface area contributed by atoms with Crippen molar-refractivity contribution in [1.82, 2.24) is 0 Å². The summed E-state index contributed by atoms with van der Waals surface area (Å²) in [6, 6.07) is 2.84. The van der Waals surface area contributed by atoms with E-state index in [0.717, 1.165) is 85.6 Å². The highest BCUT2D eigenvalue weighted by Gasteiger charge is 2.48. The Morgan fingerprint density at radius 3 is 1.84 bits per heavy atom. The van der Waals surface area contributed by atoms with E-state index in [1.54, 1.807) is 6.08 Å². The quantitative estimate of drug-likeness (QED) is 0.297. The molecule has 0 heterocycles. The molecule has 45 heavy (non-hydrogen) atoms. The molecular weight excluding hydrogens is 637 g/mol. The molecule has 0 fully saturated rings. The molecule has 0 aromatic heterocycles. The molecule has 2 atom stereocenters. The lowest BCUT2D eigenvalue weighted by Crippen LogP contribution is -2.27. The topological polar surface area (TPSA) is 86.2 Å². The van der Waals surface area contributed by atoms with E-state index in [1.165, 1.54) is 12.1 Å². The number of unbranched alkanes of at least 4 members (excludes halogenated alkanes) is 2. The van der Waals surface area contributed by atoms with Crippen LogP contribution in [-0.2, 0) is 22.4 Å². The number of benzene rings is 2. The number of hydrogen-bond acceptors (Lipinski definition) is 4. The van der Waals surface area contributed by atoms with Crippen LogP contribution in [0, 0.1) is 22.5 Å². The predicted molar refractivity (Wildman–Crippen MR) is 186 cm³/mol. The Hall–Kier alpha value is -2.41. The largest absolute Gasteiger partial charge is 0.395 e. The number of rotatable bonds is 6. The van der Waals surface area contributed by atoms with Crippen LogP contribution < -0.4 is 11.5 Å². The average molecular weight is 682 g/mol. The van der Waals surface area contributed by atoms with Gasteiger partial charge >= 0.3 is 0 Å². The highest BCUT2D eigenvalue weighted by Crippen LogP contribution is 2.59. The van der Waals surface area contributed by atoms with E-state index in [-0.39, 0.29) is 58.7 Å². The van der Waals surface area contributed by atoms with Gasteiger partial charge in [-0.25, -0.2) is 8.78 Å². The van der Waals surface area contributed by atoms with Gasteiger partial charge in [0.2, 0.25) is 0 Å². The molecule has 0 bridgehead atoms. The second kappa shape index (κ2) is 14.1. The van der Waals surface area contributed by atoms with Crippen LogP contribution in [0.1, 0.15) is 115 Å². The van der Waals surface area contributed by atoms with Crippen LogP contribution in [-0.4, -0.2) is 11.6 Å². The van der Waals surface area contributed by atoms with E-state index in [0.29, 0.717) is 29.8 Å². The second-order valence-electron chi connectivity index (χ2n) is 12.5. The number of fused-ring (bicyclic) bond motifs is 6. The fourth-order valence-corrected chi connectivity index (χ4v) is 8.44. The molecule has 0 saturated heterocycles. The van der Waals surface area contributed by atoms with Crippen molar-refractivity contribution in [2.24, 2.45) is 10.8 Å². The molecule has 6 rings (SSSR count). The molecule has 0 saturated carbocycles. The highest BCUT2D eigenvalue weighted by atomic mass is 35.5. The first-order valence-corrected chi connectivity index (χ1v) is 16.2. The summed E-state index contributed by atoms with van der Waals surface area (Å²) >= 11 is 18.9. The minimum Gasteiger partial charge on any atom is -0.395 e. The van der Waals surface area contributed by atoms with Gasteiger partial charge in [0, 0.05) is 23.7 Å². The molecule has 2 aromatic carbocycles. The van der Waals surface area contributed by atoms with E-state index in [4.69, 9.17) is 46.3 Å². The zero-order valence-corrected chi connectivity index (χ0v) is 26.8. The summed E-state index contributed by atoms with van der Waals surface area (Å²) in [7, 11) is 0. The van der Waals surface area contributed by atoms with Crippen molar-refractivity contribution in [2.45, 2.75) is 106 Å². The van der Waals surface area contributed by atoms with Crippen molar-refractivity contribution in [3.05, 3.63) is 67.2 Å². The fraction of sp³-hybridized carbons (Fsp3) is 0.500. The van der Waals surface area contributed by atoms with Crippen LogP contribution in [0.4, 0.5) is 20.2 Å². The molecule has 4 aliphatic rings. The first-order valence-electron chi connectivity index (χ1n) is 15.1. The number of nitrogen functional groups attached to an aromatic ring is 2. The second-order valence-corrected chi connectivity index (χ2v) is 13.6. The summed E-state index contributed by atoms with van der Waals surface area (Å²) in [5.74, 6) is -0.989. The van der Waals surface area contributed by atoms with Crippen LogP contribution in [0.3, 0.4) is 0 Å². The average Bonchev–Trinajstić information content (AvgIpc) is 3.49. The number of Topliss-reactive ketones (excluding diaryl/α,β-unsaturated/α-hetero) is 1. The summed E-state index contributed by atoms with van der Waals surface area (Å²) in [4.78, 5) is 23.9. The number of allylic oxidation sites excluding steroid dienone is 4. The zero-order chi connectivity index (χ0) is 31.3. The van der Waals surface area contributed by atoms with Crippen molar-refractivity contribution in [3.8, 4) is 0 Å². The molecule has 4 nitrogen and oxygen atoms in total. The summed E-state index contributed by atoms with van der Waals surface area (Å²) in [6.45, 7) is 4.28.